The van der Waals surface area contributed by atoms with Crippen molar-refractivity contribution in [2.45, 2.75) is 36.8 Å². The summed E-state index contributed by atoms with van der Waals surface area (Å²) in [4.78, 5) is 29.0. The number of aliphatic hydroxyl groups excluding tert-OH is 1. The van der Waals surface area contributed by atoms with E-state index in [-0.39, 0.29) is 35.1 Å². The Hall–Kier alpha value is -2.75. The van der Waals surface area contributed by atoms with Gasteiger partial charge in [0.05, 0.1) is 29.1 Å². The van der Waals surface area contributed by atoms with Crippen LogP contribution in [0, 0.1) is 6.92 Å². The summed E-state index contributed by atoms with van der Waals surface area (Å²) in [6, 6.07) is 12.5. The average molecular weight is 472 g/mol. The number of nitrogens with zero attached hydrogens (tertiary/aromatic N) is 2. The van der Waals surface area contributed by atoms with Gasteiger partial charge in [-0.25, -0.2) is 8.42 Å². The number of anilines is 1. The second kappa shape index (κ2) is 9.24. The van der Waals surface area contributed by atoms with E-state index in [1.54, 1.807) is 24.1 Å². The number of rotatable bonds is 6. The highest BCUT2D eigenvalue weighted by Gasteiger charge is 2.30. The molecule has 2 amide bonds. The van der Waals surface area contributed by atoms with Crippen molar-refractivity contribution < 1.29 is 23.1 Å². The minimum atomic E-state index is -3.66. The van der Waals surface area contributed by atoms with Gasteiger partial charge < -0.3 is 15.3 Å². The van der Waals surface area contributed by atoms with Crippen LogP contribution in [0.1, 0.15) is 29.2 Å². The summed E-state index contributed by atoms with van der Waals surface area (Å²) in [5.41, 5.74) is 3.00. The number of nitrogens with one attached hydrogen (secondary N) is 1. The maximum absolute atomic E-state index is 13.2. The van der Waals surface area contributed by atoms with Crippen LogP contribution in [0.3, 0.4) is 0 Å². The van der Waals surface area contributed by atoms with Crippen molar-refractivity contribution in [3.8, 4) is 0 Å². The molecule has 8 nitrogen and oxygen atoms in total. The maximum atomic E-state index is 13.2. The van der Waals surface area contributed by atoms with Crippen molar-refractivity contribution in [2.24, 2.45) is 0 Å². The van der Waals surface area contributed by atoms with Gasteiger partial charge in [-0.05, 0) is 36.6 Å². The molecule has 2 N–H and O–H groups in total. The first-order valence-electron chi connectivity index (χ1n) is 11.0. The largest absolute Gasteiger partial charge is 0.392 e. The van der Waals surface area contributed by atoms with Crippen LogP contribution >= 0.6 is 0 Å². The molecule has 0 unspecified atom stereocenters. The Morgan fingerprint density at radius 3 is 2.64 bits per heavy atom. The number of sulfone groups is 1. The molecule has 176 valence electrons. The first kappa shape index (κ1) is 23.4. The van der Waals surface area contributed by atoms with E-state index >= 15 is 0 Å². The normalized spacial score (nSPS) is 20.7. The van der Waals surface area contributed by atoms with Gasteiger partial charge in [0.25, 0.3) is 0 Å². The van der Waals surface area contributed by atoms with Crippen molar-refractivity contribution >= 4 is 27.3 Å². The Morgan fingerprint density at radius 2 is 1.97 bits per heavy atom. The van der Waals surface area contributed by atoms with Crippen molar-refractivity contribution in [1.82, 2.24) is 9.80 Å². The van der Waals surface area contributed by atoms with Crippen molar-refractivity contribution in [3.05, 3.63) is 59.2 Å². The second-order valence-corrected chi connectivity index (χ2v) is 10.9. The molecule has 2 aliphatic rings. The summed E-state index contributed by atoms with van der Waals surface area (Å²) in [5, 5.41) is 12.5. The Balaban J connectivity index is 1.54. The molecule has 33 heavy (non-hydrogen) atoms. The number of carbonyl (C=O) groups excluding carboxylic acids is 2. The lowest BCUT2D eigenvalue weighted by Gasteiger charge is -2.32. The number of carbonyl (C=O) groups is 2. The maximum Gasteiger partial charge on any atom is 0.239 e. The van der Waals surface area contributed by atoms with Gasteiger partial charge in [-0.1, -0.05) is 35.9 Å². The second-order valence-electron chi connectivity index (χ2n) is 8.95. The van der Waals surface area contributed by atoms with Gasteiger partial charge in [0, 0.05) is 26.7 Å². The molecule has 9 heteroatoms. The molecule has 0 bridgehead atoms. The van der Waals surface area contributed by atoms with Gasteiger partial charge in [0.1, 0.15) is 5.75 Å². The quantitative estimate of drug-likeness (QED) is 0.662. The highest BCUT2D eigenvalue weighted by Crippen LogP contribution is 2.29. The molecule has 2 atom stereocenters. The predicted octanol–water partition coefficient (Wildman–Crippen LogP) is 1.53. The Morgan fingerprint density at radius 1 is 1.24 bits per heavy atom. The van der Waals surface area contributed by atoms with Crippen molar-refractivity contribution in [1.29, 1.82) is 0 Å². The molecule has 1 saturated heterocycles. The third-order valence-electron chi connectivity index (χ3n) is 6.33. The average Bonchev–Trinajstić information content (AvgIpc) is 3.16. The molecular formula is C24H29N3O5S. The molecular weight excluding hydrogens is 442 g/mol. The van der Waals surface area contributed by atoms with Gasteiger partial charge in [-0.15, -0.1) is 0 Å². The highest BCUT2D eigenvalue weighted by molar-refractivity contribution is 7.92. The van der Waals surface area contributed by atoms with Crippen LogP contribution in [0.5, 0.6) is 0 Å². The molecule has 2 aromatic rings. The van der Waals surface area contributed by atoms with E-state index in [0.717, 1.165) is 24.1 Å². The summed E-state index contributed by atoms with van der Waals surface area (Å²) in [5.74, 6) is -1.26. The smallest absolute Gasteiger partial charge is 0.239 e. The molecule has 2 aromatic carbocycles. The number of amides is 2. The van der Waals surface area contributed by atoms with Gasteiger partial charge >= 0.3 is 0 Å². The molecule has 0 saturated carbocycles. The Bertz CT molecular complexity index is 1160. The van der Waals surface area contributed by atoms with E-state index in [2.05, 4.69) is 10.2 Å². The van der Waals surface area contributed by atoms with E-state index in [1.807, 2.05) is 31.2 Å². The number of likely N-dealkylation sites (tertiary alicyclic amines) is 1. The fourth-order valence-electron chi connectivity index (χ4n) is 4.43. The fraction of sp³-hybridized carbons (Fsp3) is 0.417. The number of aliphatic hydroxyl groups is 1. The SMILES string of the molecule is Cc1ccc([C@H](CN2CC[C@@H](O)C2)N(C)C(=O)Cc2ccc3c(c2)NC(=O)CS3(=O)=O)cc1. The zero-order chi connectivity index (χ0) is 23.8. The number of benzene rings is 2. The molecule has 0 aliphatic carbocycles. The minimum Gasteiger partial charge on any atom is -0.392 e. The lowest BCUT2D eigenvalue weighted by Crippen LogP contribution is -2.39. The summed E-state index contributed by atoms with van der Waals surface area (Å²) in [6.07, 6.45) is 0.457. The van der Waals surface area contributed by atoms with Crippen LogP contribution in [-0.4, -0.2) is 73.7 Å². The lowest BCUT2D eigenvalue weighted by molar-refractivity contribution is -0.131. The number of likely N-dealkylation sites (N-methyl/N-ethyl adjacent to an activating group) is 1. The molecule has 0 spiro atoms. The fourth-order valence-corrected chi connectivity index (χ4v) is 5.72. The summed E-state index contributed by atoms with van der Waals surface area (Å²) >= 11 is 0. The molecule has 1 fully saturated rings. The minimum absolute atomic E-state index is 0.0741. The van der Waals surface area contributed by atoms with Crippen LogP contribution in [0.2, 0.25) is 0 Å². The number of β-amino-alcohol motifs (C(OH)–C–C–N with tert-alkyl or cyclic N) is 1. The summed E-state index contributed by atoms with van der Waals surface area (Å²) in [6.45, 7) is 3.99. The van der Waals surface area contributed by atoms with E-state index in [1.165, 1.54) is 6.07 Å². The molecule has 0 radical (unpaired) electrons. The third-order valence-corrected chi connectivity index (χ3v) is 8.00. The van der Waals surface area contributed by atoms with E-state index in [9.17, 15) is 23.1 Å². The number of hydrogen-bond donors (Lipinski definition) is 2. The topological polar surface area (TPSA) is 107 Å². The first-order valence-corrected chi connectivity index (χ1v) is 12.7. The highest BCUT2D eigenvalue weighted by atomic mass is 32.2. The number of fused-ring (bicyclic) bond motifs is 1. The lowest BCUT2D eigenvalue weighted by atomic mass is 10.0. The summed E-state index contributed by atoms with van der Waals surface area (Å²) in [7, 11) is -1.89. The Labute approximate surface area is 194 Å². The van der Waals surface area contributed by atoms with Crippen molar-refractivity contribution in [3.63, 3.8) is 0 Å². The van der Waals surface area contributed by atoms with Crippen LogP contribution in [0.15, 0.2) is 47.4 Å². The van der Waals surface area contributed by atoms with Crippen LogP contribution < -0.4 is 5.32 Å². The number of hydrogen-bond acceptors (Lipinski definition) is 6. The molecule has 0 aromatic heterocycles. The van der Waals surface area contributed by atoms with Gasteiger partial charge in [-0.2, -0.15) is 0 Å². The van der Waals surface area contributed by atoms with Crippen LogP contribution in [0.4, 0.5) is 5.69 Å². The van der Waals surface area contributed by atoms with E-state index in [4.69, 9.17) is 0 Å². The zero-order valence-corrected chi connectivity index (χ0v) is 19.6. The number of aryl methyl sites for hydroxylation is 1. The molecule has 2 heterocycles. The van der Waals surface area contributed by atoms with Gasteiger partial charge in [0.15, 0.2) is 9.84 Å². The molecule has 2 aliphatic heterocycles. The van der Waals surface area contributed by atoms with Crippen LogP contribution in [-0.2, 0) is 25.8 Å². The van der Waals surface area contributed by atoms with E-state index < -0.39 is 21.5 Å². The third kappa shape index (κ3) is 5.26. The molecule has 4 rings (SSSR count). The zero-order valence-electron chi connectivity index (χ0n) is 18.8. The summed E-state index contributed by atoms with van der Waals surface area (Å²) < 4.78 is 24.4. The standard InChI is InChI=1S/C24H29N3O5S/c1-16-3-6-18(7-4-16)21(14-27-10-9-19(28)13-27)26(2)24(30)12-17-5-8-22-20(11-17)25-23(29)15-33(22,31)32/h3-8,11,19,21,28H,9-10,12-15H2,1-2H3,(H,25,29)/t19-,21+/m1/s1. The van der Waals surface area contributed by atoms with Gasteiger partial charge in [0.2, 0.25) is 11.8 Å². The monoisotopic (exact) mass is 471 g/mol. The predicted molar refractivity (Wildman–Crippen MR) is 125 cm³/mol. The van der Waals surface area contributed by atoms with Crippen molar-refractivity contribution in [2.75, 3.05) is 37.8 Å². The van der Waals surface area contributed by atoms with Crippen LogP contribution in [0.25, 0.3) is 0 Å². The van der Waals surface area contributed by atoms with Gasteiger partial charge in [-0.3, -0.25) is 14.5 Å². The Kier molecular flexibility index (Phi) is 6.56. The van der Waals surface area contributed by atoms with E-state index in [0.29, 0.717) is 18.7 Å². The first-order chi connectivity index (χ1) is 15.6.